The van der Waals surface area contributed by atoms with E-state index in [4.69, 9.17) is 9.84 Å². The van der Waals surface area contributed by atoms with Crippen LogP contribution in [0.5, 0.6) is 0 Å². The van der Waals surface area contributed by atoms with Gasteiger partial charge in [-0.3, -0.25) is 4.79 Å². The number of carboxylic acids is 1. The number of carboxylic acid groups (broad SMARTS) is 1. The minimum atomic E-state index is -3.69. The Balaban J connectivity index is 1.47. The SMILES string of the molecule is O=C(O)CCS(=O)(=O)NCCNC(=O)OCC1c2ccccc2-c2ccccc21. The first-order valence-corrected chi connectivity index (χ1v) is 10.8. The predicted molar refractivity (Wildman–Crippen MR) is 107 cm³/mol. The number of ether oxygens (including phenoxy) is 1. The van der Waals surface area contributed by atoms with Crippen molar-refractivity contribution in [2.45, 2.75) is 12.3 Å². The van der Waals surface area contributed by atoms with Gasteiger partial charge in [0, 0.05) is 19.0 Å². The Labute approximate surface area is 168 Å². The summed E-state index contributed by atoms with van der Waals surface area (Å²) >= 11 is 0. The molecule has 1 amide bonds. The largest absolute Gasteiger partial charge is 0.481 e. The first-order valence-electron chi connectivity index (χ1n) is 9.15. The Morgan fingerprint density at radius 1 is 0.966 bits per heavy atom. The highest BCUT2D eigenvalue weighted by molar-refractivity contribution is 7.89. The summed E-state index contributed by atoms with van der Waals surface area (Å²) in [6, 6.07) is 16.0. The van der Waals surface area contributed by atoms with Gasteiger partial charge in [0.15, 0.2) is 0 Å². The zero-order chi connectivity index (χ0) is 20.9. The van der Waals surface area contributed by atoms with Crippen molar-refractivity contribution in [2.75, 3.05) is 25.4 Å². The average molecular weight is 418 g/mol. The van der Waals surface area contributed by atoms with Crippen LogP contribution in [0.1, 0.15) is 23.5 Å². The molecule has 0 heterocycles. The van der Waals surface area contributed by atoms with Gasteiger partial charge < -0.3 is 15.2 Å². The van der Waals surface area contributed by atoms with Crippen LogP contribution in [-0.2, 0) is 19.6 Å². The van der Waals surface area contributed by atoms with Crippen LogP contribution in [0, 0.1) is 0 Å². The van der Waals surface area contributed by atoms with Gasteiger partial charge in [0.25, 0.3) is 0 Å². The number of rotatable bonds is 9. The molecular weight excluding hydrogens is 396 g/mol. The number of alkyl carbamates (subject to hydrolysis) is 1. The summed E-state index contributed by atoms with van der Waals surface area (Å²) in [5.74, 6) is -1.75. The Hall–Kier alpha value is -2.91. The maximum atomic E-state index is 12.0. The highest BCUT2D eigenvalue weighted by atomic mass is 32.2. The van der Waals surface area contributed by atoms with Crippen LogP contribution < -0.4 is 10.0 Å². The van der Waals surface area contributed by atoms with E-state index in [2.05, 4.69) is 10.0 Å². The monoisotopic (exact) mass is 418 g/mol. The molecule has 0 unspecified atom stereocenters. The summed E-state index contributed by atoms with van der Waals surface area (Å²) < 4.78 is 30.8. The number of aliphatic carboxylic acids is 1. The van der Waals surface area contributed by atoms with Crippen LogP contribution in [0.4, 0.5) is 4.79 Å². The van der Waals surface area contributed by atoms with Crippen molar-refractivity contribution >= 4 is 22.1 Å². The summed E-state index contributed by atoms with van der Waals surface area (Å²) in [6.45, 7) is 0.152. The number of carbonyl (C=O) groups is 2. The number of sulfonamides is 1. The topological polar surface area (TPSA) is 122 Å². The summed E-state index contributed by atoms with van der Waals surface area (Å²) in [5, 5.41) is 11.0. The van der Waals surface area contributed by atoms with E-state index in [1.165, 1.54) is 0 Å². The normalized spacial score (nSPS) is 12.8. The van der Waals surface area contributed by atoms with E-state index in [-0.39, 0.29) is 25.6 Å². The van der Waals surface area contributed by atoms with E-state index in [0.717, 1.165) is 22.3 Å². The van der Waals surface area contributed by atoms with Gasteiger partial charge >= 0.3 is 12.1 Å². The van der Waals surface area contributed by atoms with Gasteiger partial charge in [0.1, 0.15) is 6.61 Å². The highest BCUT2D eigenvalue weighted by Crippen LogP contribution is 2.44. The first kappa shape index (κ1) is 20.8. The molecule has 2 aromatic carbocycles. The van der Waals surface area contributed by atoms with Gasteiger partial charge in [-0.2, -0.15) is 0 Å². The third-order valence-electron chi connectivity index (χ3n) is 4.64. The van der Waals surface area contributed by atoms with Gasteiger partial charge in [-0.05, 0) is 22.3 Å². The van der Waals surface area contributed by atoms with Crippen molar-refractivity contribution < 1.29 is 27.9 Å². The van der Waals surface area contributed by atoms with E-state index >= 15 is 0 Å². The van der Waals surface area contributed by atoms with Crippen molar-refractivity contribution in [1.29, 1.82) is 0 Å². The molecule has 0 spiro atoms. The second-order valence-electron chi connectivity index (χ2n) is 6.61. The third-order valence-corrected chi connectivity index (χ3v) is 6.03. The lowest BCUT2D eigenvalue weighted by Crippen LogP contribution is -2.36. The second kappa shape index (κ2) is 9.06. The molecule has 2 aromatic rings. The summed E-state index contributed by atoms with van der Waals surface area (Å²) in [6.07, 6.45) is -1.12. The van der Waals surface area contributed by atoms with Crippen molar-refractivity contribution in [3.63, 3.8) is 0 Å². The fourth-order valence-electron chi connectivity index (χ4n) is 3.31. The fraction of sp³-hybridized carbons (Fsp3) is 0.300. The number of hydrogen-bond donors (Lipinski definition) is 3. The van der Waals surface area contributed by atoms with Gasteiger partial charge in [-0.25, -0.2) is 17.9 Å². The zero-order valence-corrected chi connectivity index (χ0v) is 16.4. The summed E-state index contributed by atoms with van der Waals surface area (Å²) in [5.41, 5.74) is 4.47. The van der Waals surface area contributed by atoms with Crippen LogP contribution >= 0.6 is 0 Å². The minimum Gasteiger partial charge on any atom is -0.481 e. The molecule has 1 aliphatic carbocycles. The molecular formula is C20H22N2O6S. The standard InChI is InChI=1S/C20H22N2O6S/c23-19(24)9-12-29(26,27)22-11-10-21-20(25)28-13-18-16-7-3-1-5-14(16)15-6-2-4-8-17(15)18/h1-8,18,22H,9-13H2,(H,21,25)(H,23,24). The van der Waals surface area contributed by atoms with Crippen molar-refractivity contribution in [2.24, 2.45) is 0 Å². The number of hydrogen-bond acceptors (Lipinski definition) is 5. The summed E-state index contributed by atoms with van der Waals surface area (Å²) in [4.78, 5) is 22.4. The average Bonchev–Trinajstić information content (AvgIpc) is 3.02. The molecule has 29 heavy (non-hydrogen) atoms. The molecule has 154 valence electrons. The first-order chi connectivity index (χ1) is 13.9. The van der Waals surface area contributed by atoms with Crippen molar-refractivity contribution in [3.8, 4) is 11.1 Å². The lowest BCUT2D eigenvalue weighted by Gasteiger charge is -2.14. The van der Waals surface area contributed by atoms with Gasteiger partial charge in [0.05, 0.1) is 12.2 Å². The number of benzene rings is 2. The third kappa shape index (κ3) is 5.33. The predicted octanol–water partition coefficient (Wildman–Crippen LogP) is 1.92. The van der Waals surface area contributed by atoms with Crippen LogP contribution in [0.15, 0.2) is 48.5 Å². The quantitative estimate of drug-likeness (QED) is 0.535. The molecule has 0 aliphatic heterocycles. The molecule has 1 aliphatic rings. The Morgan fingerprint density at radius 2 is 1.55 bits per heavy atom. The molecule has 0 radical (unpaired) electrons. The van der Waals surface area contributed by atoms with Crippen molar-refractivity contribution in [1.82, 2.24) is 10.0 Å². The molecule has 0 bridgehead atoms. The molecule has 0 fully saturated rings. The zero-order valence-electron chi connectivity index (χ0n) is 15.6. The van der Waals surface area contributed by atoms with E-state index < -0.39 is 34.3 Å². The number of nitrogens with one attached hydrogen (secondary N) is 2. The lowest BCUT2D eigenvalue weighted by atomic mass is 9.98. The smallest absolute Gasteiger partial charge is 0.407 e. The maximum Gasteiger partial charge on any atom is 0.407 e. The second-order valence-corrected chi connectivity index (χ2v) is 8.54. The van der Waals surface area contributed by atoms with Gasteiger partial charge in [-0.1, -0.05) is 48.5 Å². The molecule has 3 N–H and O–H groups in total. The van der Waals surface area contributed by atoms with Gasteiger partial charge in [-0.15, -0.1) is 0 Å². The Kier molecular flexibility index (Phi) is 6.50. The molecule has 3 rings (SSSR count). The fourth-order valence-corrected chi connectivity index (χ4v) is 4.32. The molecule has 0 saturated carbocycles. The van der Waals surface area contributed by atoms with Crippen LogP contribution in [0.3, 0.4) is 0 Å². The maximum absolute atomic E-state index is 12.0. The Morgan fingerprint density at radius 3 is 2.14 bits per heavy atom. The van der Waals surface area contributed by atoms with Gasteiger partial charge in [0.2, 0.25) is 10.0 Å². The van der Waals surface area contributed by atoms with Crippen LogP contribution in [0.25, 0.3) is 11.1 Å². The summed E-state index contributed by atoms with van der Waals surface area (Å²) in [7, 11) is -3.69. The molecule has 8 nitrogen and oxygen atoms in total. The lowest BCUT2D eigenvalue weighted by molar-refractivity contribution is -0.136. The number of fused-ring (bicyclic) bond motifs is 3. The molecule has 0 saturated heterocycles. The van der Waals surface area contributed by atoms with E-state index in [9.17, 15) is 18.0 Å². The Bertz CT molecular complexity index is 960. The number of amides is 1. The molecule has 0 aromatic heterocycles. The van der Waals surface area contributed by atoms with Crippen LogP contribution in [0.2, 0.25) is 0 Å². The van der Waals surface area contributed by atoms with E-state index in [1.54, 1.807) is 0 Å². The van der Waals surface area contributed by atoms with E-state index in [0.29, 0.717) is 0 Å². The highest BCUT2D eigenvalue weighted by Gasteiger charge is 2.28. The minimum absolute atomic E-state index is 0.0307. The van der Waals surface area contributed by atoms with E-state index in [1.807, 2.05) is 48.5 Å². The number of carbonyl (C=O) groups excluding carboxylic acids is 1. The van der Waals surface area contributed by atoms with Crippen molar-refractivity contribution in [3.05, 3.63) is 59.7 Å². The molecule has 0 atom stereocenters. The molecule has 9 heteroatoms. The van der Waals surface area contributed by atoms with Crippen LogP contribution in [-0.4, -0.2) is 51.0 Å².